The normalized spacial score (nSPS) is 20.8. The number of allylic oxidation sites excluding steroid dienone is 4. The summed E-state index contributed by atoms with van der Waals surface area (Å²) in [5.74, 6) is 5.02. The van der Waals surface area contributed by atoms with Crippen molar-refractivity contribution in [1.82, 2.24) is 0 Å². The molecule has 0 fully saturated rings. The van der Waals surface area contributed by atoms with E-state index in [0.29, 0.717) is 17.7 Å². The molecule has 3 heteroatoms. The minimum Gasteiger partial charge on any atom is -0.323 e. The van der Waals surface area contributed by atoms with Gasteiger partial charge in [-0.2, -0.15) is 5.10 Å². The maximum absolute atomic E-state index is 10.3. The molecule has 0 aliphatic heterocycles. The quantitative estimate of drug-likeness (QED) is 0.322. The molecule has 0 aromatic heterocycles. The summed E-state index contributed by atoms with van der Waals surface area (Å²) in [6.07, 6.45) is 6.83. The largest absolute Gasteiger partial charge is 0.323 e. The Balaban J connectivity index is 2.91. The van der Waals surface area contributed by atoms with E-state index in [0.717, 1.165) is 6.29 Å². The summed E-state index contributed by atoms with van der Waals surface area (Å²) in [6.45, 7) is 0. The van der Waals surface area contributed by atoms with E-state index in [2.05, 4.69) is 5.10 Å². The monoisotopic (exact) mass is 136 g/mol. The average molecular weight is 136 g/mol. The molecule has 0 saturated heterocycles. The van der Waals surface area contributed by atoms with E-state index >= 15 is 0 Å². The molecule has 1 aliphatic rings. The molecule has 0 saturated carbocycles. The van der Waals surface area contributed by atoms with Crippen LogP contribution in [-0.4, -0.2) is 12.0 Å². The van der Waals surface area contributed by atoms with Crippen LogP contribution in [0.2, 0.25) is 0 Å². The molecule has 0 aromatic rings. The summed E-state index contributed by atoms with van der Waals surface area (Å²) in [7, 11) is 0. The first-order valence-electron chi connectivity index (χ1n) is 2.97. The average Bonchev–Trinajstić information content (AvgIpc) is 2.04. The molecule has 10 heavy (non-hydrogen) atoms. The first kappa shape index (κ1) is 6.74. The second-order valence-corrected chi connectivity index (χ2v) is 1.95. The molecule has 0 unspecified atom stereocenters. The molecule has 1 rings (SSSR count). The van der Waals surface area contributed by atoms with E-state index in [9.17, 15) is 4.79 Å². The maximum atomic E-state index is 10.3. The first-order valence-corrected chi connectivity index (χ1v) is 2.97. The van der Waals surface area contributed by atoms with Crippen LogP contribution in [0.5, 0.6) is 0 Å². The summed E-state index contributed by atoms with van der Waals surface area (Å²) in [4.78, 5) is 10.3. The molecule has 2 N–H and O–H groups in total. The van der Waals surface area contributed by atoms with Crippen LogP contribution in [0.15, 0.2) is 28.9 Å². The van der Waals surface area contributed by atoms with Crippen LogP contribution in [-0.2, 0) is 4.79 Å². The van der Waals surface area contributed by atoms with Crippen LogP contribution in [0.3, 0.4) is 0 Å². The van der Waals surface area contributed by atoms with Crippen molar-refractivity contribution in [2.75, 3.05) is 0 Å². The zero-order chi connectivity index (χ0) is 7.40. The molecular weight excluding hydrogens is 128 g/mol. The lowest BCUT2D eigenvalue weighted by Gasteiger charge is -2.03. The highest BCUT2D eigenvalue weighted by Gasteiger charge is 2.05. The van der Waals surface area contributed by atoms with Crippen molar-refractivity contribution in [1.29, 1.82) is 0 Å². The van der Waals surface area contributed by atoms with Gasteiger partial charge in [-0.05, 0) is 0 Å². The minimum atomic E-state index is 0.574. The lowest BCUT2D eigenvalue weighted by molar-refractivity contribution is -0.104. The summed E-state index contributed by atoms with van der Waals surface area (Å²) in [5.41, 5.74) is 1.22. The number of rotatable bonds is 1. The van der Waals surface area contributed by atoms with Crippen LogP contribution in [0.25, 0.3) is 0 Å². The van der Waals surface area contributed by atoms with Gasteiger partial charge in [-0.3, -0.25) is 4.79 Å². The van der Waals surface area contributed by atoms with Gasteiger partial charge >= 0.3 is 0 Å². The molecular formula is C7H8N2O. The van der Waals surface area contributed by atoms with Gasteiger partial charge < -0.3 is 5.84 Å². The van der Waals surface area contributed by atoms with Crippen molar-refractivity contribution in [2.24, 2.45) is 10.9 Å². The predicted octanol–water partition coefficient (Wildman–Crippen LogP) is 0.386. The van der Waals surface area contributed by atoms with Gasteiger partial charge in [0.15, 0.2) is 6.29 Å². The number of hydrazone groups is 1. The summed E-state index contributed by atoms with van der Waals surface area (Å²) in [5, 5.41) is 3.47. The third-order valence-corrected chi connectivity index (χ3v) is 1.34. The number of nitrogens with zero attached hydrogens (tertiary/aromatic N) is 1. The Kier molecular flexibility index (Phi) is 1.99. The van der Waals surface area contributed by atoms with E-state index in [4.69, 9.17) is 5.84 Å². The van der Waals surface area contributed by atoms with Crippen molar-refractivity contribution in [2.45, 2.75) is 6.42 Å². The number of carbonyl (C=O) groups is 1. The Bertz CT molecular complexity index is 226. The summed E-state index contributed by atoms with van der Waals surface area (Å²) < 4.78 is 0. The maximum Gasteiger partial charge on any atom is 0.151 e. The molecule has 0 heterocycles. The molecule has 0 atom stereocenters. The predicted molar refractivity (Wildman–Crippen MR) is 39.5 cm³/mol. The van der Waals surface area contributed by atoms with Gasteiger partial charge in [0.2, 0.25) is 0 Å². The minimum absolute atomic E-state index is 0.574. The van der Waals surface area contributed by atoms with Gasteiger partial charge in [0.25, 0.3) is 0 Å². The van der Waals surface area contributed by atoms with E-state index in [1.165, 1.54) is 0 Å². The van der Waals surface area contributed by atoms with Crippen molar-refractivity contribution >= 4 is 12.0 Å². The standard InChI is InChI=1S/C7H8N2O/c8-9-7-4-2-1-3-6(7)5-10/h1-3,5H,4,8H2. The van der Waals surface area contributed by atoms with Crippen molar-refractivity contribution in [3.63, 3.8) is 0 Å². The topological polar surface area (TPSA) is 55.4 Å². The fourth-order valence-electron chi connectivity index (χ4n) is 0.800. The lowest BCUT2D eigenvalue weighted by atomic mass is 10.0. The molecule has 52 valence electrons. The van der Waals surface area contributed by atoms with Crippen LogP contribution in [0.4, 0.5) is 0 Å². The van der Waals surface area contributed by atoms with Crippen molar-refractivity contribution in [3.05, 3.63) is 23.8 Å². The van der Waals surface area contributed by atoms with E-state index in [1.54, 1.807) is 6.08 Å². The van der Waals surface area contributed by atoms with Crippen LogP contribution < -0.4 is 5.84 Å². The van der Waals surface area contributed by atoms with Gasteiger partial charge in [-0.15, -0.1) is 0 Å². The van der Waals surface area contributed by atoms with Gasteiger partial charge in [-0.25, -0.2) is 0 Å². The molecule has 0 spiro atoms. The van der Waals surface area contributed by atoms with Crippen molar-refractivity contribution < 1.29 is 4.79 Å². The Morgan fingerprint density at radius 2 is 2.50 bits per heavy atom. The number of nitrogens with two attached hydrogens (primary N) is 1. The number of carbonyl (C=O) groups excluding carboxylic acids is 1. The fraction of sp³-hybridized carbons (Fsp3) is 0.143. The van der Waals surface area contributed by atoms with Crippen LogP contribution in [0.1, 0.15) is 6.42 Å². The van der Waals surface area contributed by atoms with Crippen LogP contribution >= 0.6 is 0 Å². The zero-order valence-corrected chi connectivity index (χ0v) is 5.45. The number of aldehydes is 1. The Hall–Kier alpha value is -1.38. The number of hydrogen-bond donors (Lipinski definition) is 1. The van der Waals surface area contributed by atoms with E-state index in [1.807, 2.05) is 12.2 Å². The Morgan fingerprint density at radius 3 is 3.00 bits per heavy atom. The zero-order valence-electron chi connectivity index (χ0n) is 5.45. The second kappa shape index (κ2) is 2.96. The van der Waals surface area contributed by atoms with E-state index < -0.39 is 0 Å². The van der Waals surface area contributed by atoms with Crippen molar-refractivity contribution in [3.8, 4) is 0 Å². The third kappa shape index (κ3) is 1.13. The van der Waals surface area contributed by atoms with E-state index in [-0.39, 0.29) is 0 Å². The Morgan fingerprint density at radius 1 is 1.70 bits per heavy atom. The van der Waals surface area contributed by atoms with Gasteiger partial charge in [-0.1, -0.05) is 18.2 Å². The molecule has 0 amide bonds. The molecule has 3 nitrogen and oxygen atoms in total. The van der Waals surface area contributed by atoms with Gasteiger partial charge in [0, 0.05) is 12.0 Å². The van der Waals surface area contributed by atoms with Gasteiger partial charge in [0.05, 0.1) is 5.71 Å². The lowest BCUT2D eigenvalue weighted by Crippen LogP contribution is -2.08. The molecule has 0 aromatic carbocycles. The third-order valence-electron chi connectivity index (χ3n) is 1.34. The molecule has 0 bridgehead atoms. The summed E-state index contributed by atoms with van der Waals surface area (Å²) in [6, 6.07) is 0. The Labute approximate surface area is 58.9 Å². The first-order chi connectivity index (χ1) is 4.88. The summed E-state index contributed by atoms with van der Waals surface area (Å²) >= 11 is 0. The fourth-order valence-corrected chi connectivity index (χ4v) is 0.800. The highest BCUT2D eigenvalue weighted by atomic mass is 16.1. The van der Waals surface area contributed by atoms with Gasteiger partial charge in [0.1, 0.15) is 0 Å². The highest BCUT2D eigenvalue weighted by molar-refractivity contribution is 6.16. The smallest absolute Gasteiger partial charge is 0.151 e. The number of hydrogen-bond acceptors (Lipinski definition) is 3. The molecule has 0 radical (unpaired) electrons. The SMILES string of the molecule is NN=C1CC=CC=C1C=O. The van der Waals surface area contributed by atoms with Crippen LogP contribution in [0, 0.1) is 0 Å². The molecule has 1 aliphatic carbocycles. The highest BCUT2D eigenvalue weighted by Crippen LogP contribution is 2.05. The second-order valence-electron chi connectivity index (χ2n) is 1.95.